The van der Waals surface area contributed by atoms with Gasteiger partial charge in [-0.25, -0.2) is 14.4 Å². The van der Waals surface area contributed by atoms with Crippen LogP contribution in [0.3, 0.4) is 0 Å². The molecule has 172 valence electrons. The van der Waals surface area contributed by atoms with Gasteiger partial charge in [0.2, 0.25) is 0 Å². The number of rotatable bonds is 8. The second kappa shape index (κ2) is 8.76. The van der Waals surface area contributed by atoms with Gasteiger partial charge in [0, 0.05) is 29.1 Å². The summed E-state index contributed by atoms with van der Waals surface area (Å²) in [6.45, 7) is 1.83. The molecule has 1 aliphatic carbocycles. The van der Waals surface area contributed by atoms with Gasteiger partial charge in [-0.1, -0.05) is 11.6 Å². The van der Waals surface area contributed by atoms with Gasteiger partial charge in [0.15, 0.2) is 17.3 Å². The van der Waals surface area contributed by atoms with Crippen molar-refractivity contribution < 1.29 is 18.7 Å². The zero-order valence-electron chi connectivity index (χ0n) is 18.2. The Kier molecular flexibility index (Phi) is 5.80. The minimum atomic E-state index is -0.485. The SMILES string of the molecule is COc1cc2ncnc(Nc3ccc(F)c(Cl)c3)c2cc1OCCCC1CC12CNCC2=O. The minimum Gasteiger partial charge on any atom is -0.493 e. The maximum atomic E-state index is 13.5. The van der Waals surface area contributed by atoms with Gasteiger partial charge in [-0.05, 0) is 49.4 Å². The number of benzene rings is 2. The topological polar surface area (TPSA) is 85.4 Å². The van der Waals surface area contributed by atoms with Crippen LogP contribution in [-0.4, -0.2) is 42.6 Å². The fourth-order valence-electron chi connectivity index (χ4n) is 4.65. The van der Waals surface area contributed by atoms with Crippen LogP contribution < -0.4 is 20.1 Å². The number of halogens is 2. The molecule has 0 radical (unpaired) electrons. The quantitative estimate of drug-likeness (QED) is 0.468. The highest BCUT2D eigenvalue weighted by molar-refractivity contribution is 6.31. The standard InChI is InChI=1S/C24H24ClFN4O3/c1-32-20-9-19-16(23(29-13-28-19)30-15-4-5-18(26)17(25)7-15)8-21(20)33-6-2-3-14-10-24(14)12-27-11-22(24)31/h4-5,7-9,13-14,27H,2-3,6,10-12H2,1H3,(H,28,29,30). The number of carbonyl (C=O) groups is 1. The lowest BCUT2D eigenvalue weighted by Gasteiger charge is -2.14. The van der Waals surface area contributed by atoms with Gasteiger partial charge in [-0.15, -0.1) is 0 Å². The summed E-state index contributed by atoms with van der Waals surface area (Å²) in [4.78, 5) is 20.7. The number of fused-ring (bicyclic) bond motifs is 1. The molecular weight excluding hydrogens is 447 g/mol. The number of carbonyl (C=O) groups excluding carboxylic acids is 1. The highest BCUT2D eigenvalue weighted by Gasteiger charge is 2.60. The van der Waals surface area contributed by atoms with E-state index in [9.17, 15) is 9.18 Å². The Morgan fingerprint density at radius 1 is 1.27 bits per heavy atom. The molecule has 5 rings (SSSR count). The second-order valence-electron chi connectivity index (χ2n) is 8.57. The summed E-state index contributed by atoms with van der Waals surface area (Å²) in [7, 11) is 1.58. The molecule has 2 atom stereocenters. The molecular formula is C24H24ClFN4O3. The maximum absolute atomic E-state index is 13.5. The number of nitrogens with zero attached hydrogens (tertiary/aromatic N) is 2. The minimum absolute atomic E-state index is 0.0246. The molecule has 2 aliphatic rings. The summed E-state index contributed by atoms with van der Waals surface area (Å²) < 4.78 is 25.1. The molecule has 7 nitrogen and oxygen atoms in total. The first kappa shape index (κ1) is 21.9. The van der Waals surface area contributed by atoms with Crippen molar-refractivity contribution in [2.75, 3.05) is 32.1 Å². The van der Waals surface area contributed by atoms with E-state index in [-0.39, 0.29) is 10.4 Å². The van der Waals surface area contributed by atoms with Crippen LogP contribution in [0, 0.1) is 17.2 Å². The number of hydrogen-bond acceptors (Lipinski definition) is 7. The van der Waals surface area contributed by atoms with Gasteiger partial charge in [0.1, 0.15) is 18.0 Å². The van der Waals surface area contributed by atoms with E-state index in [0.717, 1.165) is 31.2 Å². The van der Waals surface area contributed by atoms with Gasteiger partial charge in [-0.2, -0.15) is 0 Å². The van der Waals surface area contributed by atoms with Crippen molar-refractivity contribution in [1.29, 1.82) is 0 Å². The fraction of sp³-hybridized carbons (Fsp3) is 0.375. The summed E-state index contributed by atoms with van der Waals surface area (Å²) >= 11 is 5.90. The molecule has 1 saturated heterocycles. The van der Waals surface area contributed by atoms with E-state index in [1.807, 2.05) is 6.07 Å². The average molecular weight is 471 g/mol. The van der Waals surface area contributed by atoms with Crippen molar-refractivity contribution in [3.8, 4) is 11.5 Å². The lowest BCUT2D eigenvalue weighted by atomic mass is 9.99. The zero-order chi connectivity index (χ0) is 23.0. The predicted octanol–water partition coefficient (Wildman–Crippen LogP) is 4.51. The monoisotopic (exact) mass is 470 g/mol. The van der Waals surface area contributed by atoms with Crippen molar-refractivity contribution in [2.45, 2.75) is 19.3 Å². The highest BCUT2D eigenvalue weighted by Crippen LogP contribution is 2.56. The third-order valence-corrected chi connectivity index (χ3v) is 6.86. The number of ether oxygens (including phenoxy) is 2. The Labute approximate surface area is 195 Å². The molecule has 2 N–H and O–H groups in total. The number of hydrogen-bond donors (Lipinski definition) is 2. The summed E-state index contributed by atoms with van der Waals surface area (Å²) in [5.74, 6) is 2.03. The van der Waals surface area contributed by atoms with Crippen LogP contribution in [0.5, 0.6) is 11.5 Å². The molecule has 2 unspecified atom stereocenters. The van der Waals surface area contributed by atoms with E-state index >= 15 is 0 Å². The van der Waals surface area contributed by atoms with Gasteiger partial charge in [-0.3, -0.25) is 4.79 Å². The van der Waals surface area contributed by atoms with Crippen LogP contribution in [0.2, 0.25) is 5.02 Å². The number of ketones is 1. The van der Waals surface area contributed by atoms with Crippen LogP contribution in [0.15, 0.2) is 36.7 Å². The number of methoxy groups -OCH3 is 1. The van der Waals surface area contributed by atoms with Crippen LogP contribution in [-0.2, 0) is 4.79 Å². The zero-order valence-corrected chi connectivity index (χ0v) is 18.9. The summed E-state index contributed by atoms with van der Waals surface area (Å²) in [6, 6.07) is 8.02. The third-order valence-electron chi connectivity index (χ3n) is 6.57. The predicted molar refractivity (Wildman–Crippen MR) is 124 cm³/mol. The fourth-order valence-corrected chi connectivity index (χ4v) is 4.83. The maximum Gasteiger partial charge on any atom is 0.162 e. The van der Waals surface area contributed by atoms with Gasteiger partial charge < -0.3 is 20.1 Å². The molecule has 1 aliphatic heterocycles. The Morgan fingerprint density at radius 2 is 2.15 bits per heavy atom. The number of anilines is 2. The van der Waals surface area contributed by atoms with Crippen molar-refractivity contribution >= 4 is 39.8 Å². The first-order valence-electron chi connectivity index (χ1n) is 10.9. The number of aromatic nitrogens is 2. The molecule has 1 saturated carbocycles. The molecule has 9 heteroatoms. The number of Topliss-reactive ketones (excluding diaryl/α,β-unsaturated/α-hetero) is 1. The van der Waals surface area contributed by atoms with Crippen LogP contribution in [0.4, 0.5) is 15.9 Å². The third kappa shape index (κ3) is 4.20. The molecule has 0 bridgehead atoms. The van der Waals surface area contributed by atoms with Crippen molar-refractivity contribution in [3.63, 3.8) is 0 Å². The number of nitrogens with one attached hydrogen (secondary N) is 2. The van der Waals surface area contributed by atoms with Crippen molar-refractivity contribution in [3.05, 3.63) is 47.5 Å². The first-order valence-corrected chi connectivity index (χ1v) is 11.3. The second-order valence-corrected chi connectivity index (χ2v) is 8.98. The smallest absolute Gasteiger partial charge is 0.162 e. The molecule has 2 heterocycles. The average Bonchev–Trinajstić information content (AvgIpc) is 3.40. The molecule has 3 aromatic rings. The Bertz CT molecular complexity index is 1220. The van der Waals surface area contributed by atoms with Gasteiger partial charge in [0.05, 0.1) is 30.8 Å². The van der Waals surface area contributed by atoms with Gasteiger partial charge >= 0.3 is 0 Å². The van der Waals surface area contributed by atoms with E-state index in [1.54, 1.807) is 19.2 Å². The van der Waals surface area contributed by atoms with Crippen molar-refractivity contribution in [1.82, 2.24) is 15.3 Å². The largest absolute Gasteiger partial charge is 0.493 e. The normalized spacial score (nSPS) is 21.5. The summed E-state index contributed by atoms with van der Waals surface area (Å²) in [5, 5.41) is 7.11. The van der Waals surface area contributed by atoms with Crippen LogP contribution >= 0.6 is 11.6 Å². The molecule has 2 aromatic carbocycles. The van der Waals surface area contributed by atoms with E-state index in [4.69, 9.17) is 21.1 Å². The summed E-state index contributed by atoms with van der Waals surface area (Å²) in [5.41, 5.74) is 1.17. The molecule has 33 heavy (non-hydrogen) atoms. The van der Waals surface area contributed by atoms with E-state index in [1.165, 1.54) is 18.5 Å². The lowest BCUT2D eigenvalue weighted by molar-refractivity contribution is -0.121. The van der Waals surface area contributed by atoms with E-state index in [2.05, 4.69) is 20.6 Å². The molecule has 2 fully saturated rings. The summed E-state index contributed by atoms with van der Waals surface area (Å²) in [6.07, 6.45) is 4.24. The van der Waals surface area contributed by atoms with E-state index in [0.29, 0.717) is 53.4 Å². The molecule has 1 spiro atoms. The van der Waals surface area contributed by atoms with E-state index < -0.39 is 5.82 Å². The van der Waals surface area contributed by atoms with Crippen LogP contribution in [0.25, 0.3) is 10.9 Å². The molecule has 0 amide bonds. The highest BCUT2D eigenvalue weighted by atomic mass is 35.5. The Hall–Kier alpha value is -2.97. The van der Waals surface area contributed by atoms with Crippen molar-refractivity contribution in [2.24, 2.45) is 11.3 Å². The van der Waals surface area contributed by atoms with Gasteiger partial charge in [0.25, 0.3) is 0 Å². The first-order chi connectivity index (χ1) is 16.0. The van der Waals surface area contributed by atoms with Crippen LogP contribution in [0.1, 0.15) is 19.3 Å². The molecule has 1 aromatic heterocycles. The Morgan fingerprint density at radius 3 is 2.91 bits per heavy atom. The lowest BCUT2D eigenvalue weighted by Crippen LogP contribution is -2.15. The Balaban J connectivity index is 1.30.